The van der Waals surface area contributed by atoms with Gasteiger partial charge < -0.3 is 10.0 Å². The molecule has 0 fully saturated rings. The Morgan fingerprint density at radius 2 is 1.88 bits per heavy atom. The van der Waals surface area contributed by atoms with E-state index in [0.29, 0.717) is 42.2 Å². The molecule has 6 heteroatoms. The van der Waals surface area contributed by atoms with E-state index in [2.05, 4.69) is 4.98 Å². The van der Waals surface area contributed by atoms with Gasteiger partial charge in [-0.05, 0) is 51.3 Å². The number of carbonyl (C=O) groups is 1. The summed E-state index contributed by atoms with van der Waals surface area (Å²) in [6.07, 6.45) is 1.42. The molecule has 1 aliphatic heterocycles. The third-order valence-corrected chi connectivity index (χ3v) is 4.90. The zero-order chi connectivity index (χ0) is 19.1. The van der Waals surface area contributed by atoms with E-state index in [1.807, 2.05) is 24.3 Å². The molecule has 1 amide bonds. The SMILES string of the molecule is Cc1nc2c(c(=O)n1C)CN(C(=O)c1ccc(CCC(C)(C)O)cc1)C2. The summed E-state index contributed by atoms with van der Waals surface area (Å²) in [6, 6.07) is 7.46. The Kier molecular flexibility index (Phi) is 4.71. The van der Waals surface area contributed by atoms with Crippen LogP contribution in [0.3, 0.4) is 0 Å². The monoisotopic (exact) mass is 355 g/mol. The fourth-order valence-corrected chi connectivity index (χ4v) is 3.12. The fraction of sp³-hybridized carbons (Fsp3) is 0.450. The van der Waals surface area contributed by atoms with Crippen LogP contribution in [-0.2, 0) is 26.6 Å². The molecule has 1 N–H and O–H groups in total. The minimum Gasteiger partial charge on any atom is -0.390 e. The van der Waals surface area contributed by atoms with Gasteiger partial charge in [0.2, 0.25) is 0 Å². The number of benzene rings is 1. The van der Waals surface area contributed by atoms with Crippen LogP contribution in [0.1, 0.15) is 53.3 Å². The standard InChI is InChI=1S/C20H25N3O3/c1-13-21-17-12-23(11-16(17)19(25)22(13)4)18(24)15-7-5-14(6-8-15)9-10-20(2,3)26/h5-8,26H,9-12H2,1-4H3. The van der Waals surface area contributed by atoms with E-state index in [9.17, 15) is 14.7 Å². The summed E-state index contributed by atoms with van der Waals surface area (Å²) in [6.45, 7) is 6.03. The molecule has 1 aromatic heterocycles. The smallest absolute Gasteiger partial charge is 0.258 e. The first-order chi connectivity index (χ1) is 12.2. The van der Waals surface area contributed by atoms with Crippen LogP contribution in [0.4, 0.5) is 0 Å². The molecule has 0 spiro atoms. The van der Waals surface area contributed by atoms with Crippen molar-refractivity contribution < 1.29 is 9.90 Å². The summed E-state index contributed by atoms with van der Waals surface area (Å²) in [7, 11) is 1.70. The number of amides is 1. The number of carbonyl (C=O) groups excluding carboxylic acids is 1. The highest BCUT2D eigenvalue weighted by atomic mass is 16.3. The lowest BCUT2D eigenvalue weighted by Crippen LogP contribution is -2.27. The Labute approximate surface area is 153 Å². The average molecular weight is 355 g/mol. The van der Waals surface area contributed by atoms with Gasteiger partial charge in [-0.3, -0.25) is 14.2 Å². The highest BCUT2D eigenvalue weighted by Gasteiger charge is 2.28. The Bertz CT molecular complexity index is 892. The number of aryl methyl sites for hydroxylation is 2. The molecule has 6 nitrogen and oxygen atoms in total. The normalized spacial score (nSPS) is 13.8. The van der Waals surface area contributed by atoms with Crippen molar-refractivity contribution in [3.8, 4) is 0 Å². The van der Waals surface area contributed by atoms with Gasteiger partial charge in [-0.1, -0.05) is 12.1 Å². The lowest BCUT2D eigenvalue weighted by Gasteiger charge is -2.17. The van der Waals surface area contributed by atoms with Crippen molar-refractivity contribution in [2.45, 2.75) is 52.3 Å². The second kappa shape index (κ2) is 6.68. The Hall–Kier alpha value is -2.47. The summed E-state index contributed by atoms with van der Waals surface area (Å²) in [5.41, 5.74) is 2.20. The van der Waals surface area contributed by atoms with Crippen molar-refractivity contribution in [3.63, 3.8) is 0 Å². The van der Waals surface area contributed by atoms with E-state index in [1.54, 1.807) is 32.7 Å². The van der Waals surface area contributed by atoms with Crippen molar-refractivity contribution in [1.82, 2.24) is 14.5 Å². The van der Waals surface area contributed by atoms with Crippen LogP contribution in [0.15, 0.2) is 29.1 Å². The molecule has 0 aliphatic carbocycles. The first-order valence-electron chi connectivity index (χ1n) is 8.82. The lowest BCUT2D eigenvalue weighted by atomic mass is 9.98. The molecule has 2 aromatic rings. The van der Waals surface area contributed by atoms with Crippen molar-refractivity contribution in [2.24, 2.45) is 7.05 Å². The molecule has 0 saturated heterocycles. The fourth-order valence-electron chi connectivity index (χ4n) is 3.12. The molecule has 0 radical (unpaired) electrons. The first kappa shape index (κ1) is 18.3. The van der Waals surface area contributed by atoms with Gasteiger partial charge >= 0.3 is 0 Å². The van der Waals surface area contributed by atoms with Gasteiger partial charge in [0.15, 0.2) is 0 Å². The molecule has 0 atom stereocenters. The first-order valence-corrected chi connectivity index (χ1v) is 8.82. The summed E-state index contributed by atoms with van der Waals surface area (Å²) >= 11 is 0. The van der Waals surface area contributed by atoms with Crippen LogP contribution in [0, 0.1) is 6.92 Å². The topological polar surface area (TPSA) is 75.4 Å². The van der Waals surface area contributed by atoms with Crippen molar-refractivity contribution in [2.75, 3.05) is 0 Å². The highest BCUT2D eigenvalue weighted by molar-refractivity contribution is 5.94. The predicted octanol–water partition coefficient (Wildman–Crippen LogP) is 1.95. The number of aliphatic hydroxyl groups is 1. The minimum atomic E-state index is -0.701. The van der Waals surface area contributed by atoms with E-state index < -0.39 is 5.60 Å². The number of nitrogens with zero attached hydrogens (tertiary/aromatic N) is 3. The number of hydrogen-bond acceptors (Lipinski definition) is 4. The Morgan fingerprint density at radius 3 is 2.50 bits per heavy atom. The predicted molar refractivity (Wildman–Crippen MR) is 98.9 cm³/mol. The van der Waals surface area contributed by atoms with Crippen LogP contribution < -0.4 is 5.56 Å². The van der Waals surface area contributed by atoms with Crippen molar-refractivity contribution in [3.05, 3.63) is 62.8 Å². The molecular weight excluding hydrogens is 330 g/mol. The van der Waals surface area contributed by atoms with E-state index >= 15 is 0 Å². The van der Waals surface area contributed by atoms with Gasteiger partial charge in [-0.25, -0.2) is 4.98 Å². The minimum absolute atomic E-state index is 0.0789. The molecule has 1 aliphatic rings. The summed E-state index contributed by atoms with van der Waals surface area (Å²) in [5, 5.41) is 9.82. The molecule has 138 valence electrons. The molecule has 0 unspecified atom stereocenters. The van der Waals surface area contributed by atoms with Gasteiger partial charge in [0.1, 0.15) is 5.82 Å². The second-order valence-electron chi connectivity index (χ2n) is 7.62. The summed E-state index contributed by atoms with van der Waals surface area (Å²) in [5.74, 6) is 0.552. The van der Waals surface area contributed by atoms with E-state index in [1.165, 1.54) is 4.57 Å². The number of hydrogen-bond donors (Lipinski definition) is 1. The average Bonchev–Trinajstić information content (AvgIpc) is 3.01. The van der Waals surface area contributed by atoms with E-state index in [-0.39, 0.29) is 11.5 Å². The zero-order valence-electron chi connectivity index (χ0n) is 15.7. The maximum atomic E-state index is 12.8. The third kappa shape index (κ3) is 3.70. The van der Waals surface area contributed by atoms with Crippen LogP contribution in [-0.4, -0.2) is 31.1 Å². The number of rotatable bonds is 4. The van der Waals surface area contributed by atoms with Crippen molar-refractivity contribution >= 4 is 5.91 Å². The van der Waals surface area contributed by atoms with Gasteiger partial charge in [0, 0.05) is 12.6 Å². The summed E-state index contributed by atoms with van der Waals surface area (Å²) < 4.78 is 1.52. The highest BCUT2D eigenvalue weighted by Crippen LogP contribution is 2.21. The van der Waals surface area contributed by atoms with Gasteiger partial charge in [-0.2, -0.15) is 0 Å². The van der Waals surface area contributed by atoms with Crippen LogP contribution in [0.5, 0.6) is 0 Å². The maximum Gasteiger partial charge on any atom is 0.258 e. The van der Waals surface area contributed by atoms with Crippen molar-refractivity contribution in [1.29, 1.82) is 0 Å². The third-order valence-electron chi connectivity index (χ3n) is 4.90. The zero-order valence-corrected chi connectivity index (χ0v) is 15.7. The largest absolute Gasteiger partial charge is 0.390 e. The molecule has 2 heterocycles. The molecule has 0 bridgehead atoms. The van der Waals surface area contributed by atoms with Crippen LogP contribution in [0.2, 0.25) is 0 Å². The Morgan fingerprint density at radius 1 is 1.23 bits per heavy atom. The van der Waals surface area contributed by atoms with E-state index in [0.717, 1.165) is 12.0 Å². The van der Waals surface area contributed by atoms with Gasteiger partial charge in [0.25, 0.3) is 11.5 Å². The molecule has 26 heavy (non-hydrogen) atoms. The number of fused-ring (bicyclic) bond motifs is 1. The van der Waals surface area contributed by atoms with E-state index in [4.69, 9.17) is 0 Å². The van der Waals surface area contributed by atoms with Gasteiger partial charge in [0.05, 0.1) is 29.9 Å². The van der Waals surface area contributed by atoms with Crippen LogP contribution >= 0.6 is 0 Å². The maximum absolute atomic E-state index is 12.8. The second-order valence-corrected chi connectivity index (χ2v) is 7.62. The molecule has 1 aromatic carbocycles. The number of aromatic nitrogens is 2. The van der Waals surface area contributed by atoms with Gasteiger partial charge in [-0.15, -0.1) is 0 Å². The molecule has 3 rings (SSSR count). The van der Waals surface area contributed by atoms with Crippen LogP contribution in [0.25, 0.3) is 0 Å². The summed E-state index contributed by atoms with van der Waals surface area (Å²) in [4.78, 5) is 31.2. The lowest BCUT2D eigenvalue weighted by molar-refractivity contribution is 0.0711. The quantitative estimate of drug-likeness (QED) is 0.910. The Balaban J connectivity index is 1.73. The molecular formula is C20H25N3O3. The molecule has 0 saturated carbocycles.